The standard InChI is InChI=1S/C55H57F2N3S.C33H31ClF2N2.C22H27NS/c1-36-31-40(58(39-26-23-37(24-27-39)52(2,3)4)49-35-61-50-28-25-38(33-42(49)50)53(5,6)7)34-41(32-36)60-48-22-16-21-47(51(48)54(8)29-14-15-30-55(54,60)9)59(45-19-12-10-17-43(45)56)46-20-13-11-18-44(46)57;1-22-19-23(34)21-24(20-22)38-30-16-10-15-29(31(30)32(2)17-8-9-18-33(32,38)3)37(27-13-6-4-11-25(27)35)28-14-7-5-12-26(28)36;1-21(2,3)15-7-10-17(11-8-15)23-19-14-24-20-12-9-16(13-18(19)20)22(4,5)6/h10-13,16-28,31-35H,14-15,29-30H2,1-9H3;4-7,10-16,19-21H,8-9,17-18H2,1-3H3;7-14,23H,1-6H3. The lowest BCUT2D eigenvalue weighted by atomic mass is 9.61. The van der Waals surface area contributed by atoms with E-state index < -0.39 is 23.3 Å². The molecule has 13 heteroatoms. The summed E-state index contributed by atoms with van der Waals surface area (Å²) in [7, 11) is 0. The molecule has 4 unspecified atom stereocenters. The molecule has 0 amide bonds. The fourth-order valence-corrected chi connectivity index (χ4v) is 22.0. The van der Waals surface area contributed by atoms with Gasteiger partial charge in [-0.3, -0.25) is 0 Å². The molecule has 632 valence electrons. The average molecular weight is 1700 g/mol. The SMILES string of the molecule is CC(C)(C)c1ccc(Nc2csc3ccc(C(C)(C)C)cc23)cc1.Cc1cc(Cl)cc(N2c3cccc(N(c4ccccc4F)c4ccccc4F)c3C3(C)CCCCC23C)c1.Cc1cc(N(c2ccc(C(C)(C)C)cc2)c2csc3ccc(C(C)(C)C)cc23)cc(N2c3cccc(N(c4ccccc4F)c4ccccc4F)c3C3(C)CCCCC23C)c1. The summed E-state index contributed by atoms with van der Waals surface area (Å²) >= 11 is 10.2. The van der Waals surface area contributed by atoms with Gasteiger partial charge in [-0.25, -0.2) is 17.6 Å². The summed E-state index contributed by atoms with van der Waals surface area (Å²) in [4.78, 5) is 11.0. The van der Waals surface area contributed by atoms with Gasteiger partial charge in [-0.05, 0) is 266 Å². The van der Waals surface area contributed by atoms with Crippen LogP contribution >= 0.6 is 34.3 Å². The Morgan fingerprint density at radius 3 is 1.15 bits per heavy atom. The number of fused-ring (bicyclic) bond motifs is 8. The van der Waals surface area contributed by atoms with Crippen LogP contribution in [-0.4, -0.2) is 11.1 Å². The van der Waals surface area contributed by atoms with Gasteiger partial charge in [0.15, 0.2) is 0 Å². The van der Waals surface area contributed by atoms with Crippen molar-refractivity contribution in [3.05, 3.63) is 338 Å². The van der Waals surface area contributed by atoms with E-state index in [4.69, 9.17) is 11.6 Å². The molecule has 1 N–H and O–H groups in total. The number of aryl methyl sites for hydroxylation is 2. The highest BCUT2D eigenvalue weighted by atomic mass is 35.5. The van der Waals surface area contributed by atoms with Crippen molar-refractivity contribution in [2.24, 2.45) is 0 Å². The molecule has 2 aliphatic carbocycles. The topological polar surface area (TPSA) is 28.2 Å². The number of benzene rings is 12. The number of anilines is 15. The normalized spacial score (nSPS) is 18.7. The van der Waals surface area contributed by atoms with E-state index in [0.29, 0.717) is 27.8 Å². The molecular weight excluding hydrogens is 1580 g/mol. The Balaban J connectivity index is 0.000000153. The zero-order valence-electron chi connectivity index (χ0n) is 74.5. The first-order valence-corrected chi connectivity index (χ1v) is 45.7. The van der Waals surface area contributed by atoms with Crippen molar-refractivity contribution in [2.75, 3.05) is 29.8 Å². The lowest BCUT2D eigenvalue weighted by Gasteiger charge is -2.50. The van der Waals surface area contributed by atoms with Crippen LogP contribution in [0.3, 0.4) is 0 Å². The second-order valence-electron chi connectivity index (χ2n) is 39.4. The highest BCUT2D eigenvalue weighted by Crippen LogP contribution is 2.67. The van der Waals surface area contributed by atoms with Crippen molar-refractivity contribution in [3.63, 3.8) is 0 Å². The smallest absolute Gasteiger partial charge is 0.147 e. The quantitative estimate of drug-likeness (QED) is 0.116. The van der Waals surface area contributed by atoms with E-state index in [-0.39, 0.29) is 43.6 Å². The molecule has 2 aliphatic heterocycles. The number of thiophene rings is 2. The molecule has 14 aromatic rings. The van der Waals surface area contributed by atoms with Crippen LogP contribution in [0, 0.1) is 37.1 Å². The average Bonchev–Trinajstić information content (AvgIpc) is 1.53. The molecule has 2 aromatic heterocycles. The summed E-state index contributed by atoms with van der Waals surface area (Å²) in [6.07, 6.45) is 8.30. The van der Waals surface area contributed by atoms with Gasteiger partial charge in [0.2, 0.25) is 0 Å². The van der Waals surface area contributed by atoms with E-state index in [9.17, 15) is 0 Å². The van der Waals surface area contributed by atoms with E-state index in [0.717, 1.165) is 130 Å². The van der Waals surface area contributed by atoms with Gasteiger partial charge in [0.25, 0.3) is 0 Å². The molecule has 0 spiro atoms. The maximum Gasteiger partial charge on any atom is 0.147 e. The van der Waals surface area contributed by atoms with Gasteiger partial charge in [0.1, 0.15) is 23.3 Å². The van der Waals surface area contributed by atoms with E-state index in [1.54, 1.807) is 88.2 Å². The Kier molecular flexibility index (Phi) is 22.9. The molecule has 2 fully saturated rings. The van der Waals surface area contributed by atoms with Crippen LogP contribution in [0.15, 0.2) is 266 Å². The predicted molar refractivity (Wildman–Crippen MR) is 519 cm³/mol. The third-order valence-corrected chi connectivity index (χ3v) is 29.1. The second-order valence-corrected chi connectivity index (χ2v) is 41.7. The fourth-order valence-electron chi connectivity index (χ4n) is 20.0. The molecule has 18 rings (SSSR count). The van der Waals surface area contributed by atoms with Crippen molar-refractivity contribution in [2.45, 2.75) is 220 Å². The minimum absolute atomic E-state index is 0.00131. The lowest BCUT2D eigenvalue weighted by molar-refractivity contribution is 0.195. The van der Waals surface area contributed by atoms with Crippen LogP contribution < -0.4 is 29.8 Å². The number of para-hydroxylation sites is 4. The minimum Gasteiger partial charge on any atom is -0.354 e. The Bertz CT molecular complexity index is 6170. The van der Waals surface area contributed by atoms with Crippen LogP contribution in [0.4, 0.5) is 103 Å². The number of halogens is 5. The van der Waals surface area contributed by atoms with Crippen molar-refractivity contribution < 1.29 is 17.6 Å². The van der Waals surface area contributed by atoms with Crippen molar-refractivity contribution >= 4 is 140 Å². The Labute approximate surface area is 739 Å². The summed E-state index contributed by atoms with van der Waals surface area (Å²) in [5.41, 5.74) is 21.9. The molecule has 12 aromatic carbocycles. The van der Waals surface area contributed by atoms with Crippen molar-refractivity contribution in [3.8, 4) is 0 Å². The van der Waals surface area contributed by atoms with Crippen LogP contribution in [0.25, 0.3) is 20.2 Å². The van der Waals surface area contributed by atoms with Gasteiger partial charge < -0.3 is 29.8 Å². The summed E-state index contributed by atoms with van der Waals surface area (Å²) in [5.74, 6) is -1.59. The van der Waals surface area contributed by atoms with E-state index in [1.165, 1.54) is 72.4 Å². The summed E-state index contributed by atoms with van der Waals surface area (Å²) in [6, 6.07) is 84.0. The Morgan fingerprint density at radius 2 is 0.724 bits per heavy atom. The summed E-state index contributed by atoms with van der Waals surface area (Å²) in [5, 5.41) is 11.4. The first kappa shape index (κ1) is 85.9. The van der Waals surface area contributed by atoms with E-state index >= 15 is 17.6 Å². The van der Waals surface area contributed by atoms with Crippen molar-refractivity contribution in [1.82, 2.24) is 0 Å². The third kappa shape index (κ3) is 15.9. The fraction of sp³-hybridized carbons (Fsp3) is 0.309. The molecule has 0 bridgehead atoms. The minimum atomic E-state index is -0.399. The first-order valence-electron chi connectivity index (χ1n) is 43.6. The third-order valence-electron chi connectivity index (χ3n) is 27.0. The van der Waals surface area contributed by atoms with E-state index in [2.05, 4.69) is 289 Å². The van der Waals surface area contributed by atoms with Crippen LogP contribution in [0.2, 0.25) is 5.02 Å². The Hall–Kier alpha value is -10.6. The van der Waals surface area contributed by atoms with Gasteiger partial charge in [0, 0.05) is 97.7 Å². The largest absolute Gasteiger partial charge is 0.354 e. The second kappa shape index (κ2) is 32.8. The summed E-state index contributed by atoms with van der Waals surface area (Å²) < 4.78 is 65.5. The molecule has 4 atom stereocenters. The number of rotatable bonds is 13. The Morgan fingerprint density at radius 1 is 0.350 bits per heavy atom. The number of nitrogens with one attached hydrogen (secondary N) is 1. The number of hydrogen-bond acceptors (Lipinski definition) is 8. The monoisotopic (exact) mass is 1690 g/mol. The molecule has 4 aliphatic rings. The maximum atomic E-state index is 16.0. The van der Waals surface area contributed by atoms with Gasteiger partial charge in [-0.2, -0.15) is 0 Å². The van der Waals surface area contributed by atoms with E-state index in [1.807, 2.05) is 41.3 Å². The molecular formula is C110H115ClF4N6S2. The highest BCUT2D eigenvalue weighted by molar-refractivity contribution is 7.18. The van der Waals surface area contributed by atoms with Gasteiger partial charge >= 0.3 is 0 Å². The lowest BCUT2D eigenvalue weighted by Crippen LogP contribution is -2.54. The molecule has 0 saturated heterocycles. The predicted octanol–water partition coefficient (Wildman–Crippen LogP) is 34.1. The van der Waals surface area contributed by atoms with Gasteiger partial charge in [-0.1, -0.05) is 231 Å². The molecule has 4 heterocycles. The van der Waals surface area contributed by atoms with Crippen molar-refractivity contribution in [1.29, 1.82) is 0 Å². The number of nitrogens with zero attached hydrogens (tertiary/aromatic N) is 5. The van der Waals surface area contributed by atoms with Gasteiger partial charge in [-0.15, -0.1) is 22.7 Å². The molecule has 6 nitrogen and oxygen atoms in total. The van der Waals surface area contributed by atoms with Crippen LogP contribution in [0.5, 0.6) is 0 Å². The first-order chi connectivity index (χ1) is 58.4. The zero-order valence-corrected chi connectivity index (χ0v) is 76.9. The summed E-state index contributed by atoms with van der Waals surface area (Å²) in [6.45, 7) is 40.9. The number of hydrogen-bond donors (Lipinski definition) is 1. The van der Waals surface area contributed by atoms with Crippen LogP contribution in [0.1, 0.15) is 207 Å². The zero-order chi connectivity index (χ0) is 87.3. The van der Waals surface area contributed by atoms with Crippen LogP contribution in [-0.2, 0) is 32.5 Å². The molecule has 0 radical (unpaired) electrons. The maximum absolute atomic E-state index is 16.0. The highest BCUT2D eigenvalue weighted by Gasteiger charge is 2.61. The van der Waals surface area contributed by atoms with Gasteiger partial charge in [0.05, 0.1) is 56.6 Å². The molecule has 123 heavy (non-hydrogen) atoms. The molecule has 2 saturated carbocycles.